The molecule has 100 valence electrons. The van der Waals surface area contributed by atoms with E-state index in [0.29, 0.717) is 17.9 Å². The summed E-state index contributed by atoms with van der Waals surface area (Å²) in [6.45, 7) is 0.540. The second kappa shape index (κ2) is 5.00. The summed E-state index contributed by atoms with van der Waals surface area (Å²) >= 11 is 0. The van der Waals surface area contributed by atoms with E-state index < -0.39 is 4.92 Å². The minimum absolute atomic E-state index is 0.0654. The molecule has 6 heteroatoms. The number of rotatable bonds is 4. The molecule has 2 aromatic heterocycles. The normalized spacial score (nSPS) is 10.6. The van der Waals surface area contributed by atoms with Gasteiger partial charge in [-0.2, -0.15) is 0 Å². The van der Waals surface area contributed by atoms with Crippen LogP contribution in [0.15, 0.2) is 53.1 Å². The third kappa shape index (κ3) is 2.44. The van der Waals surface area contributed by atoms with Crippen molar-refractivity contribution in [1.82, 2.24) is 4.98 Å². The van der Waals surface area contributed by atoms with E-state index in [-0.39, 0.29) is 5.69 Å². The van der Waals surface area contributed by atoms with Gasteiger partial charge in [-0.25, -0.2) is 4.98 Å². The van der Waals surface area contributed by atoms with Gasteiger partial charge in [0.1, 0.15) is 11.6 Å². The fourth-order valence-corrected chi connectivity index (χ4v) is 1.92. The van der Waals surface area contributed by atoms with Gasteiger partial charge in [-0.05, 0) is 30.3 Å². The van der Waals surface area contributed by atoms with Crippen molar-refractivity contribution in [2.24, 2.45) is 0 Å². The first-order chi connectivity index (χ1) is 9.72. The molecule has 0 aliphatic heterocycles. The molecular weight excluding hydrogens is 258 g/mol. The predicted molar refractivity (Wildman–Crippen MR) is 74.4 cm³/mol. The van der Waals surface area contributed by atoms with Gasteiger partial charge in [0.2, 0.25) is 0 Å². The topological polar surface area (TPSA) is 81.2 Å². The highest BCUT2D eigenvalue weighted by atomic mass is 16.6. The van der Waals surface area contributed by atoms with Crippen molar-refractivity contribution in [3.05, 3.63) is 64.6 Å². The van der Waals surface area contributed by atoms with Gasteiger partial charge < -0.3 is 9.73 Å². The Morgan fingerprint density at radius 2 is 2.15 bits per heavy atom. The summed E-state index contributed by atoms with van der Waals surface area (Å²) in [7, 11) is 0. The van der Waals surface area contributed by atoms with Crippen LogP contribution >= 0.6 is 0 Å². The van der Waals surface area contributed by atoms with Gasteiger partial charge in [0.05, 0.1) is 23.2 Å². The van der Waals surface area contributed by atoms with Crippen LogP contribution in [0.1, 0.15) is 5.76 Å². The van der Waals surface area contributed by atoms with Crippen molar-refractivity contribution in [3.8, 4) is 0 Å². The van der Waals surface area contributed by atoms with E-state index in [4.69, 9.17) is 4.42 Å². The number of nitro groups is 1. The molecule has 0 unspecified atom stereocenters. The molecule has 2 heterocycles. The summed E-state index contributed by atoms with van der Waals surface area (Å²) < 4.78 is 5.22. The molecule has 1 aromatic carbocycles. The fourth-order valence-electron chi connectivity index (χ4n) is 1.92. The van der Waals surface area contributed by atoms with Crippen LogP contribution in [0.5, 0.6) is 0 Å². The van der Waals surface area contributed by atoms with Gasteiger partial charge in [0.25, 0.3) is 5.69 Å². The van der Waals surface area contributed by atoms with Gasteiger partial charge in [0, 0.05) is 17.5 Å². The number of hydrogen-bond donors (Lipinski definition) is 1. The summed E-state index contributed by atoms with van der Waals surface area (Å²) in [5.41, 5.74) is 0.774. The van der Waals surface area contributed by atoms with E-state index in [2.05, 4.69) is 10.3 Å². The van der Waals surface area contributed by atoms with Gasteiger partial charge in [0.15, 0.2) is 0 Å². The third-order valence-corrected chi connectivity index (χ3v) is 2.91. The van der Waals surface area contributed by atoms with E-state index in [1.807, 2.05) is 12.1 Å². The number of non-ortho nitro benzene ring substituents is 1. The number of nitrogens with zero attached hydrogens (tertiary/aromatic N) is 2. The zero-order valence-corrected chi connectivity index (χ0v) is 10.4. The molecule has 0 saturated carbocycles. The zero-order chi connectivity index (χ0) is 13.9. The Balaban J connectivity index is 1.83. The lowest BCUT2D eigenvalue weighted by Crippen LogP contribution is -2.00. The van der Waals surface area contributed by atoms with E-state index in [0.717, 1.165) is 11.1 Å². The highest BCUT2D eigenvalue weighted by Crippen LogP contribution is 2.21. The van der Waals surface area contributed by atoms with Crippen LogP contribution in [0.4, 0.5) is 11.5 Å². The Kier molecular flexibility index (Phi) is 3.04. The molecular formula is C14H11N3O3. The number of anilines is 1. The lowest BCUT2D eigenvalue weighted by atomic mass is 10.2. The Morgan fingerprint density at radius 1 is 1.25 bits per heavy atom. The molecule has 3 aromatic rings. The number of hydrogen-bond acceptors (Lipinski definition) is 5. The van der Waals surface area contributed by atoms with E-state index in [9.17, 15) is 10.1 Å². The van der Waals surface area contributed by atoms with Gasteiger partial charge in [-0.15, -0.1) is 0 Å². The van der Waals surface area contributed by atoms with Crippen molar-refractivity contribution >= 4 is 22.4 Å². The van der Waals surface area contributed by atoms with Crippen LogP contribution in [0, 0.1) is 10.1 Å². The molecule has 0 atom stereocenters. The smallest absolute Gasteiger partial charge is 0.270 e. The van der Waals surface area contributed by atoms with Crippen molar-refractivity contribution in [3.63, 3.8) is 0 Å². The quantitative estimate of drug-likeness (QED) is 0.580. The van der Waals surface area contributed by atoms with Crippen LogP contribution < -0.4 is 5.32 Å². The van der Waals surface area contributed by atoms with Crippen LogP contribution in [-0.4, -0.2) is 9.91 Å². The lowest BCUT2D eigenvalue weighted by molar-refractivity contribution is -0.384. The summed E-state index contributed by atoms with van der Waals surface area (Å²) in [4.78, 5) is 14.7. The number of nitro benzene ring substituents is 1. The number of pyridine rings is 1. The largest absolute Gasteiger partial charge is 0.467 e. The first-order valence-corrected chi connectivity index (χ1v) is 6.04. The second-order valence-electron chi connectivity index (χ2n) is 4.26. The van der Waals surface area contributed by atoms with Crippen LogP contribution in [0.2, 0.25) is 0 Å². The summed E-state index contributed by atoms with van der Waals surface area (Å²) in [6.07, 6.45) is 1.62. The molecule has 6 nitrogen and oxygen atoms in total. The van der Waals surface area contributed by atoms with Crippen molar-refractivity contribution in [2.45, 2.75) is 6.54 Å². The molecule has 0 bridgehead atoms. The van der Waals surface area contributed by atoms with E-state index in [1.165, 1.54) is 12.1 Å². The SMILES string of the molecule is O=[N+]([O-])c1ccc2nc(NCc3ccco3)ccc2c1. The molecule has 0 aliphatic rings. The summed E-state index contributed by atoms with van der Waals surface area (Å²) in [5.74, 6) is 1.51. The van der Waals surface area contributed by atoms with Crippen LogP contribution in [0.25, 0.3) is 10.9 Å². The maximum absolute atomic E-state index is 10.7. The molecule has 0 fully saturated rings. The Labute approximate surface area is 114 Å². The van der Waals surface area contributed by atoms with Crippen LogP contribution in [0.3, 0.4) is 0 Å². The number of fused-ring (bicyclic) bond motifs is 1. The minimum Gasteiger partial charge on any atom is -0.467 e. The fraction of sp³-hybridized carbons (Fsp3) is 0.0714. The molecule has 0 amide bonds. The minimum atomic E-state index is -0.414. The molecule has 0 aliphatic carbocycles. The first kappa shape index (κ1) is 12.2. The van der Waals surface area contributed by atoms with E-state index in [1.54, 1.807) is 24.5 Å². The molecule has 0 saturated heterocycles. The standard InChI is InChI=1S/C14H11N3O3/c18-17(19)11-4-5-13-10(8-11)3-6-14(16-13)15-9-12-2-1-7-20-12/h1-8H,9H2,(H,15,16). The Morgan fingerprint density at radius 3 is 2.90 bits per heavy atom. The third-order valence-electron chi connectivity index (χ3n) is 2.91. The lowest BCUT2D eigenvalue weighted by Gasteiger charge is -2.05. The Hall–Kier alpha value is -2.89. The average Bonchev–Trinajstić information content (AvgIpc) is 2.97. The number of benzene rings is 1. The number of aromatic nitrogens is 1. The Bertz CT molecular complexity index is 753. The van der Waals surface area contributed by atoms with E-state index >= 15 is 0 Å². The molecule has 20 heavy (non-hydrogen) atoms. The van der Waals surface area contributed by atoms with Crippen molar-refractivity contribution in [1.29, 1.82) is 0 Å². The van der Waals surface area contributed by atoms with Gasteiger partial charge in [-0.1, -0.05) is 0 Å². The molecule has 0 radical (unpaired) electrons. The number of furan rings is 1. The maximum Gasteiger partial charge on any atom is 0.270 e. The van der Waals surface area contributed by atoms with Gasteiger partial charge in [-0.3, -0.25) is 10.1 Å². The monoisotopic (exact) mass is 269 g/mol. The predicted octanol–water partition coefficient (Wildman–Crippen LogP) is 3.35. The second-order valence-corrected chi connectivity index (χ2v) is 4.26. The highest BCUT2D eigenvalue weighted by molar-refractivity contribution is 5.82. The molecule has 3 rings (SSSR count). The first-order valence-electron chi connectivity index (χ1n) is 6.04. The maximum atomic E-state index is 10.7. The summed E-state index contributed by atoms with van der Waals surface area (Å²) in [6, 6.07) is 11.9. The van der Waals surface area contributed by atoms with Gasteiger partial charge >= 0.3 is 0 Å². The zero-order valence-electron chi connectivity index (χ0n) is 10.4. The van der Waals surface area contributed by atoms with Crippen molar-refractivity contribution < 1.29 is 9.34 Å². The summed E-state index contributed by atoms with van der Waals surface area (Å²) in [5, 5.41) is 14.6. The van der Waals surface area contributed by atoms with Crippen LogP contribution in [-0.2, 0) is 6.54 Å². The number of nitrogens with one attached hydrogen (secondary N) is 1. The average molecular weight is 269 g/mol. The molecule has 1 N–H and O–H groups in total. The highest BCUT2D eigenvalue weighted by Gasteiger charge is 2.07. The van der Waals surface area contributed by atoms with Crippen molar-refractivity contribution in [2.75, 3.05) is 5.32 Å². The molecule has 0 spiro atoms.